The molecule has 7 nitrogen and oxygen atoms in total. The Morgan fingerprint density at radius 2 is 2.10 bits per heavy atom. The molecule has 0 saturated carbocycles. The number of pyridine rings is 1. The van der Waals surface area contributed by atoms with Crippen LogP contribution in [0.4, 0.5) is 24.7 Å². The Morgan fingerprint density at radius 1 is 1.34 bits per heavy atom. The van der Waals surface area contributed by atoms with Gasteiger partial charge in [-0.3, -0.25) is 14.9 Å². The first-order valence-corrected chi connectivity index (χ1v) is 8.97. The number of alkyl halides is 3. The van der Waals surface area contributed by atoms with Crippen molar-refractivity contribution >= 4 is 17.4 Å². The fourth-order valence-corrected chi connectivity index (χ4v) is 3.28. The summed E-state index contributed by atoms with van der Waals surface area (Å²) in [5.41, 5.74) is -0.229. The van der Waals surface area contributed by atoms with E-state index in [4.69, 9.17) is 0 Å². The van der Waals surface area contributed by atoms with Crippen LogP contribution in [0, 0.1) is 17.0 Å². The van der Waals surface area contributed by atoms with E-state index in [0.717, 1.165) is 18.3 Å². The zero-order chi connectivity index (χ0) is 21.2. The van der Waals surface area contributed by atoms with Gasteiger partial charge in [0.05, 0.1) is 16.5 Å². The van der Waals surface area contributed by atoms with Gasteiger partial charge in [0.15, 0.2) is 0 Å². The summed E-state index contributed by atoms with van der Waals surface area (Å²) in [5, 5.41) is 14.0. The molecule has 1 atom stereocenters. The van der Waals surface area contributed by atoms with Crippen molar-refractivity contribution in [1.82, 2.24) is 9.88 Å². The number of carbonyl (C=O) groups excluding carboxylic acids is 1. The molecule has 1 aromatic heterocycles. The van der Waals surface area contributed by atoms with Crippen LogP contribution < -0.4 is 5.32 Å². The molecule has 2 heterocycles. The SMILES string of the molecule is Cc1cc(NC(CN2CCCC2=O)c2cccc(C(F)(F)F)c2)ncc1[N+](=O)[O-]. The minimum atomic E-state index is -4.49. The number of likely N-dealkylation sites (tertiary alicyclic amines) is 1. The van der Waals surface area contributed by atoms with Crippen LogP contribution in [0.2, 0.25) is 0 Å². The highest BCUT2D eigenvalue weighted by Gasteiger charge is 2.32. The Morgan fingerprint density at radius 3 is 2.69 bits per heavy atom. The molecule has 10 heteroatoms. The zero-order valence-electron chi connectivity index (χ0n) is 15.6. The maximum atomic E-state index is 13.1. The number of anilines is 1. The van der Waals surface area contributed by atoms with Gasteiger partial charge in [0.1, 0.15) is 12.0 Å². The minimum absolute atomic E-state index is 0.0587. The van der Waals surface area contributed by atoms with E-state index < -0.39 is 22.7 Å². The van der Waals surface area contributed by atoms with Gasteiger partial charge >= 0.3 is 6.18 Å². The lowest BCUT2D eigenvalue weighted by atomic mass is 10.0. The Kier molecular flexibility index (Phi) is 5.71. The van der Waals surface area contributed by atoms with Gasteiger partial charge in [-0.15, -0.1) is 0 Å². The average Bonchev–Trinajstić information content (AvgIpc) is 3.05. The topological polar surface area (TPSA) is 88.4 Å². The second-order valence-electron chi connectivity index (χ2n) is 6.88. The number of carbonyl (C=O) groups is 1. The quantitative estimate of drug-likeness (QED) is 0.575. The fraction of sp³-hybridized carbons (Fsp3) is 0.368. The molecular formula is C19H19F3N4O3. The first kappa shape index (κ1) is 20.6. The Labute approximate surface area is 164 Å². The standard InChI is InChI=1S/C19H19F3N4O3/c1-12-8-17(23-10-16(12)26(28)29)24-15(11-25-7-3-6-18(25)27)13-4-2-5-14(9-13)19(20,21)22/h2,4-5,8-10,15H,3,6-7,11H2,1H3,(H,23,24). The molecule has 1 aliphatic heterocycles. The number of hydrogen-bond donors (Lipinski definition) is 1. The summed E-state index contributed by atoms with van der Waals surface area (Å²) in [7, 11) is 0. The lowest BCUT2D eigenvalue weighted by Crippen LogP contribution is -2.33. The molecule has 0 aliphatic carbocycles. The van der Waals surface area contributed by atoms with E-state index in [0.29, 0.717) is 30.5 Å². The van der Waals surface area contributed by atoms with Gasteiger partial charge in [-0.1, -0.05) is 12.1 Å². The molecule has 1 aliphatic rings. The third-order valence-corrected chi connectivity index (χ3v) is 4.79. The third-order valence-electron chi connectivity index (χ3n) is 4.79. The second-order valence-corrected chi connectivity index (χ2v) is 6.88. The van der Waals surface area contributed by atoms with Gasteiger partial charge in [-0.2, -0.15) is 13.2 Å². The van der Waals surface area contributed by atoms with Crippen LogP contribution in [0.1, 0.15) is 35.6 Å². The summed E-state index contributed by atoms with van der Waals surface area (Å²) >= 11 is 0. The predicted octanol–water partition coefficient (Wildman–Crippen LogP) is 4.09. The molecule has 1 N–H and O–H groups in total. The normalized spacial score (nSPS) is 15.4. The number of nitrogens with zero attached hydrogens (tertiary/aromatic N) is 3. The summed E-state index contributed by atoms with van der Waals surface area (Å²) in [6.07, 6.45) is -2.29. The molecule has 0 radical (unpaired) electrons. The van der Waals surface area contributed by atoms with Crippen LogP contribution in [0.3, 0.4) is 0 Å². The lowest BCUT2D eigenvalue weighted by Gasteiger charge is -2.26. The number of halogens is 3. The Hall–Kier alpha value is -3.17. The second kappa shape index (κ2) is 8.06. The zero-order valence-corrected chi connectivity index (χ0v) is 15.6. The Balaban J connectivity index is 1.92. The highest BCUT2D eigenvalue weighted by molar-refractivity contribution is 5.78. The van der Waals surface area contributed by atoms with Crippen LogP contribution in [-0.2, 0) is 11.0 Å². The number of aromatic nitrogens is 1. The molecule has 0 spiro atoms. The van der Waals surface area contributed by atoms with Crippen molar-refractivity contribution in [2.75, 3.05) is 18.4 Å². The average molecular weight is 408 g/mol. The van der Waals surface area contributed by atoms with Crippen LogP contribution in [0.15, 0.2) is 36.5 Å². The van der Waals surface area contributed by atoms with Crippen LogP contribution in [-0.4, -0.2) is 33.8 Å². The minimum Gasteiger partial charge on any atom is -0.361 e. The molecule has 0 bridgehead atoms. The largest absolute Gasteiger partial charge is 0.416 e. The fourth-order valence-electron chi connectivity index (χ4n) is 3.28. The lowest BCUT2D eigenvalue weighted by molar-refractivity contribution is -0.385. The summed E-state index contributed by atoms with van der Waals surface area (Å²) in [6.45, 7) is 2.24. The summed E-state index contributed by atoms with van der Waals surface area (Å²) in [5.74, 6) is 0.221. The van der Waals surface area contributed by atoms with Gasteiger partial charge < -0.3 is 10.2 Å². The monoisotopic (exact) mass is 408 g/mol. The highest BCUT2D eigenvalue weighted by Crippen LogP contribution is 2.32. The van der Waals surface area contributed by atoms with Crippen molar-refractivity contribution in [3.63, 3.8) is 0 Å². The summed E-state index contributed by atoms with van der Waals surface area (Å²) in [6, 6.07) is 5.68. The van der Waals surface area contributed by atoms with E-state index in [1.165, 1.54) is 12.1 Å². The van der Waals surface area contributed by atoms with E-state index in [9.17, 15) is 28.1 Å². The number of aryl methyl sites for hydroxylation is 1. The van der Waals surface area contributed by atoms with Crippen molar-refractivity contribution in [2.45, 2.75) is 32.0 Å². The van der Waals surface area contributed by atoms with E-state index in [-0.39, 0.29) is 24.0 Å². The molecule has 1 unspecified atom stereocenters. The first-order valence-electron chi connectivity index (χ1n) is 8.97. The van der Waals surface area contributed by atoms with E-state index in [1.807, 2.05) is 0 Å². The third kappa shape index (κ3) is 4.82. The summed E-state index contributed by atoms with van der Waals surface area (Å²) < 4.78 is 39.4. The van der Waals surface area contributed by atoms with Gasteiger partial charge in [-0.05, 0) is 37.1 Å². The van der Waals surface area contributed by atoms with Crippen LogP contribution >= 0.6 is 0 Å². The molecule has 1 saturated heterocycles. The maximum absolute atomic E-state index is 13.1. The van der Waals surface area contributed by atoms with Crippen LogP contribution in [0.5, 0.6) is 0 Å². The van der Waals surface area contributed by atoms with E-state index in [1.54, 1.807) is 17.9 Å². The van der Waals surface area contributed by atoms with Crippen molar-refractivity contribution in [3.05, 3.63) is 63.3 Å². The number of nitrogens with one attached hydrogen (secondary N) is 1. The van der Waals surface area contributed by atoms with E-state index in [2.05, 4.69) is 10.3 Å². The van der Waals surface area contributed by atoms with Gasteiger partial charge in [0.25, 0.3) is 5.69 Å². The predicted molar refractivity (Wildman–Crippen MR) is 99.3 cm³/mol. The van der Waals surface area contributed by atoms with Crippen molar-refractivity contribution in [3.8, 4) is 0 Å². The van der Waals surface area contributed by atoms with Gasteiger partial charge in [-0.25, -0.2) is 4.98 Å². The number of hydrogen-bond acceptors (Lipinski definition) is 5. The number of rotatable bonds is 6. The maximum Gasteiger partial charge on any atom is 0.416 e. The van der Waals surface area contributed by atoms with Gasteiger partial charge in [0, 0.05) is 25.1 Å². The molecule has 1 aromatic carbocycles. The molecule has 1 fully saturated rings. The first-order chi connectivity index (χ1) is 13.6. The molecule has 29 heavy (non-hydrogen) atoms. The molecular weight excluding hydrogens is 389 g/mol. The summed E-state index contributed by atoms with van der Waals surface area (Å²) in [4.78, 5) is 28.0. The van der Waals surface area contributed by atoms with Crippen LogP contribution in [0.25, 0.3) is 0 Å². The number of benzene rings is 1. The van der Waals surface area contributed by atoms with Crippen molar-refractivity contribution in [2.24, 2.45) is 0 Å². The highest BCUT2D eigenvalue weighted by atomic mass is 19.4. The van der Waals surface area contributed by atoms with Crippen molar-refractivity contribution < 1.29 is 22.9 Å². The molecule has 3 rings (SSSR count). The Bertz CT molecular complexity index is 933. The van der Waals surface area contributed by atoms with Crippen molar-refractivity contribution in [1.29, 1.82) is 0 Å². The van der Waals surface area contributed by atoms with Gasteiger partial charge in [0.2, 0.25) is 5.91 Å². The molecule has 2 aromatic rings. The number of amides is 1. The number of nitro groups is 1. The smallest absolute Gasteiger partial charge is 0.361 e. The molecule has 1 amide bonds. The van der Waals surface area contributed by atoms with E-state index >= 15 is 0 Å². The molecule has 154 valence electrons.